The van der Waals surface area contributed by atoms with E-state index in [1.807, 2.05) is 49.4 Å². The molecule has 6 heteroatoms. The molecular weight excluding hydrogens is 356 g/mol. The third kappa shape index (κ3) is 5.23. The molecule has 2 atom stereocenters. The van der Waals surface area contributed by atoms with E-state index >= 15 is 0 Å². The Morgan fingerprint density at radius 3 is 2.72 bits per heavy atom. The summed E-state index contributed by atoms with van der Waals surface area (Å²) in [5, 5.41) is 15.0. The molecule has 3 rings (SSSR count). The molecule has 25 heavy (non-hydrogen) atoms. The zero-order valence-corrected chi connectivity index (χ0v) is 15.6. The fraction of sp³-hybridized carbons (Fsp3) is 0.316. The number of para-hydroxylation sites is 1. The number of benzene rings is 2. The van der Waals surface area contributed by atoms with Gasteiger partial charge in [0.15, 0.2) is 0 Å². The molecule has 0 aliphatic carbocycles. The summed E-state index contributed by atoms with van der Waals surface area (Å²) in [6.45, 7) is 3.34. The van der Waals surface area contributed by atoms with Gasteiger partial charge in [0.05, 0.1) is 29.0 Å². The van der Waals surface area contributed by atoms with Crippen molar-refractivity contribution in [3.8, 4) is 0 Å². The topological polar surface area (TPSA) is 54.4 Å². The average molecular weight is 377 g/mol. The molecule has 0 bridgehead atoms. The van der Waals surface area contributed by atoms with E-state index < -0.39 is 6.10 Å². The van der Waals surface area contributed by atoms with Crippen LogP contribution in [-0.4, -0.2) is 29.3 Å². The second kappa shape index (κ2) is 8.74. The largest absolute Gasteiger partial charge is 0.389 e. The standard InChI is InChI=1S/C19H21ClN2O2S/c1-13(14-6-8-15(20)9-7-14)24-12-16(23)10-21-11-19-22-17-4-2-3-5-18(17)25-19/h2-9,13,16,21,23H,10-12H2,1H3/t13-,16-/m1/s1. The molecule has 0 aliphatic rings. The Balaban J connectivity index is 1.40. The number of nitrogens with one attached hydrogen (secondary N) is 1. The van der Waals surface area contributed by atoms with Crippen LogP contribution in [0.5, 0.6) is 0 Å². The molecule has 0 saturated carbocycles. The van der Waals surface area contributed by atoms with Crippen molar-refractivity contribution in [1.29, 1.82) is 0 Å². The van der Waals surface area contributed by atoms with Crippen molar-refractivity contribution in [1.82, 2.24) is 10.3 Å². The summed E-state index contributed by atoms with van der Waals surface area (Å²) in [6, 6.07) is 15.6. The molecule has 0 saturated heterocycles. The first-order valence-corrected chi connectivity index (χ1v) is 9.41. The van der Waals surface area contributed by atoms with Gasteiger partial charge in [-0.3, -0.25) is 0 Å². The van der Waals surface area contributed by atoms with E-state index in [-0.39, 0.29) is 12.7 Å². The summed E-state index contributed by atoms with van der Waals surface area (Å²) in [7, 11) is 0. The summed E-state index contributed by atoms with van der Waals surface area (Å²) in [5.74, 6) is 0. The normalized spacial score (nSPS) is 13.9. The van der Waals surface area contributed by atoms with Gasteiger partial charge in [0, 0.05) is 18.1 Å². The monoisotopic (exact) mass is 376 g/mol. The molecule has 3 aromatic rings. The molecule has 0 fully saturated rings. The van der Waals surface area contributed by atoms with E-state index in [0.29, 0.717) is 18.1 Å². The first-order chi connectivity index (χ1) is 12.1. The van der Waals surface area contributed by atoms with Crippen molar-refractivity contribution in [2.45, 2.75) is 25.7 Å². The Labute approximate surface area is 156 Å². The Hall–Kier alpha value is -1.50. The Kier molecular flexibility index (Phi) is 6.39. The maximum absolute atomic E-state index is 10.1. The van der Waals surface area contributed by atoms with Crippen LogP contribution in [-0.2, 0) is 11.3 Å². The number of ether oxygens (including phenoxy) is 1. The van der Waals surface area contributed by atoms with Gasteiger partial charge in [-0.25, -0.2) is 4.98 Å². The summed E-state index contributed by atoms with van der Waals surface area (Å²) in [4.78, 5) is 4.56. The SMILES string of the molecule is C[C@@H](OC[C@H](O)CNCc1nc2ccccc2s1)c1ccc(Cl)cc1. The maximum atomic E-state index is 10.1. The molecule has 0 spiro atoms. The smallest absolute Gasteiger partial charge is 0.108 e. The van der Waals surface area contributed by atoms with Gasteiger partial charge in [0.2, 0.25) is 0 Å². The summed E-state index contributed by atoms with van der Waals surface area (Å²) in [5.41, 5.74) is 2.06. The van der Waals surface area contributed by atoms with E-state index in [4.69, 9.17) is 16.3 Å². The molecule has 1 heterocycles. The highest BCUT2D eigenvalue weighted by Crippen LogP contribution is 2.21. The molecule has 0 unspecified atom stereocenters. The quantitative estimate of drug-likeness (QED) is 0.619. The van der Waals surface area contributed by atoms with Crippen molar-refractivity contribution in [3.05, 3.63) is 64.1 Å². The van der Waals surface area contributed by atoms with Crippen molar-refractivity contribution in [3.63, 3.8) is 0 Å². The van der Waals surface area contributed by atoms with Gasteiger partial charge in [-0.05, 0) is 36.8 Å². The Morgan fingerprint density at radius 2 is 1.96 bits per heavy atom. The number of halogens is 1. The van der Waals surface area contributed by atoms with Crippen LogP contribution in [0, 0.1) is 0 Å². The minimum atomic E-state index is -0.566. The van der Waals surface area contributed by atoms with Gasteiger partial charge in [-0.1, -0.05) is 35.9 Å². The minimum Gasteiger partial charge on any atom is -0.389 e. The third-order valence-electron chi connectivity index (χ3n) is 3.87. The lowest BCUT2D eigenvalue weighted by Crippen LogP contribution is -2.30. The molecule has 0 radical (unpaired) electrons. The fourth-order valence-corrected chi connectivity index (χ4v) is 3.55. The lowest BCUT2D eigenvalue weighted by atomic mass is 10.1. The zero-order valence-electron chi connectivity index (χ0n) is 14.0. The lowest BCUT2D eigenvalue weighted by Gasteiger charge is -2.17. The van der Waals surface area contributed by atoms with Crippen LogP contribution >= 0.6 is 22.9 Å². The highest BCUT2D eigenvalue weighted by atomic mass is 35.5. The molecular formula is C19H21ClN2O2S. The zero-order chi connectivity index (χ0) is 17.6. The summed E-state index contributed by atoms with van der Waals surface area (Å²) >= 11 is 7.55. The van der Waals surface area contributed by atoms with Crippen LogP contribution in [0.4, 0.5) is 0 Å². The highest BCUT2D eigenvalue weighted by molar-refractivity contribution is 7.18. The molecule has 4 nitrogen and oxygen atoms in total. The van der Waals surface area contributed by atoms with E-state index in [9.17, 15) is 5.11 Å². The first-order valence-electron chi connectivity index (χ1n) is 8.22. The molecule has 0 amide bonds. The van der Waals surface area contributed by atoms with Gasteiger partial charge >= 0.3 is 0 Å². The minimum absolute atomic E-state index is 0.0869. The van der Waals surface area contributed by atoms with E-state index in [1.54, 1.807) is 11.3 Å². The number of aromatic nitrogens is 1. The van der Waals surface area contributed by atoms with E-state index in [1.165, 1.54) is 4.70 Å². The molecule has 0 aliphatic heterocycles. The predicted octanol–water partition coefficient (Wildman–Crippen LogP) is 4.18. The van der Waals surface area contributed by atoms with Gasteiger partial charge in [-0.2, -0.15) is 0 Å². The van der Waals surface area contributed by atoms with Gasteiger partial charge in [0.25, 0.3) is 0 Å². The van der Waals surface area contributed by atoms with Gasteiger partial charge < -0.3 is 15.2 Å². The van der Waals surface area contributed by atoms with Crippen molar-refractivity contribution in [2.75, 3.05) is 13.2 Å². The van der Waals surface area contributed by atoms with Crippen LogP contribution in [0.25, 0.3) is 10.2 Å². The number of aliphatic hydroxyl groups is 1. The van der Waals surface area contributed by atoms with Crippen LogP contribution in [0.3, 0.4) is 0 Å². The summed E-state index contributed by atoms with van der Waals surface area (Å²) in [6.07, 6.45) is -0.652. The van der Waals surface area contributed by atoms with Crippen LogP contribution in [0.15, 0.2) is 48.5 Å². The predicted molar refractivity (Wildman–Crippen MR) is 103 cm³/mol. The number of fused-ring (bicyclic) bond motifs is 1. The molecule has 2 N–H and O–H groups in total. The number of hydrogen-bond donors (Lipinski definition) is 2. The fourth-order valence-electron chi connectivity index (χ4n) is 2.49. The summed E-state index contributed by atoms with van der Waals surface area (Å²) < 4.78 is 6.91. The number of rotatable bonds is 8. The average Bonchev–Trinajstić information content (AvgIpc) is 3.03. The Bertz CT molecular complexity index is 774. The first kappa shape index (κ1) is 18.3. The molecule has 1 aromatic heterocycles. The molecule has 2 aromatic carbocycles. The number of thiazole rings is 1. The highest BCUT2D eigenvalue weighted by Gasteiger charge is 2.10. The van der Waals surface area contributed by atoms with Gasteiger partial charge in [0.1, 0.15) is 5.01 Å². The van der Waals surface area contributed by atoms with E-state index in [0.717, 1.165) is 16.1 Å². The third-order valence-corrected chi connectivity index (χ3v) is 5.16. The number of aliphatic hydroxyl groups excluding tert-OH is 1. The van der Waals surface area contributed by atoms with E-state index in [2.05, 4.69) is 16.4 Å². The lowest BCUT2D eigenvalue weighted by molar-refractivity contribution is -0.00212. The molecule has 132 valence electrons. The van der Waals surface area contributed by atoms with Crippen molar-refractivity contribution < 1.29 is 9.84 Å². The number of hydrogen-bond acceptors (Lipinski definition) is 5. The number of nitrogens with zero attached hydrogens (tertiary/aromatic N) is 1. The maximum Gasteiger partial charge on any atom is 0.108 e. The second-order valence-corrected chi connectivity index (χ2v) is 7.44. The van der Waals surface area contributed by atoms with Crippen LogP contribution < -0.4 is 5.32 Å². The van der Waals surface area contributed by atoms with Crippen LogP contribution in [0.1, 0.15) is 23.6 Å². The second-order valence-electron chi connectivity index (χ2n) is 5.89. The van der Waals surface area contributed by atoms with Crippen molar-refractivity contribution >= 4 is 33.2 Å². The Morgan fingerprint density at radius 1 is 1.20 bits per heavy atom. The van der Waals surface area contributed by atoms with Gasteiger partial charge in [-0.15, -0.1) is 11.3 Å². The van der Waals surface area contributed by atoms with Crippen molar-refractivity contribution in [2.24, 2.45) is 0 Å². The van der Waals surface area contributed by atoms with Crippen LogP contribution in [0.2, 0.25) is 5.02 Å².